The number of hydrogen-bond donors (Lipinski definition) is 1. The zero-order chi connectivity index (χ0) is 21.1. The molecule has 0 aliphatic rings. The van der Waals surface area contributed by atoms with Gasteiger partial charge in [-0.05, 0) is 43.2 Å². The van der Waals surface area contributed by atoms with Gasteiger partial charge in [0.25, 0.3) is 0 Å². The highest BCUT2D eigenvalue weighted by Crippen LogP contribution is 2.28. The summed E-state index contributed by atoms with van der Waals surface area (Å²) in [6, 6.07) is 5.50. The smallest absolute Gasteiger partial charge is 0.310 e. The number of aromatic nitrogens is 2. The minimum atomic E-state index is -1.13. The lowest BCUT2D eigenvalue weighted by Crippen LogP contribution is -2.20. The molecule has 1 N–H and O–H groups in total. The minimum Gasteiger partial charge on any atom is -0.491 e. The van der Waals surface area contributed by atoms with Crippen LogP contribution in [0.4, 0.5) is 29.2 Å². The van der Waals surface area contributed by atoms with E-state index < -0.39 is 28.8 Å². The summed E-state index contributed by atoms with van der Waals surface area (Å²) in [5, 5.41) is 2.84. The molecular formula is C20H17F4N3O2. The average Bonchev–Trinajstić information content (AvgIpc) is 2.62. The molecular weight excluding hydrogens is 390 g/mol. The van der Waals surface area contributed by atoms with Gasteiger partial charge >= 0.3 is 5.56 Å². The van der Waals surface area contributed by atoms with Gasteiger partial charge in [-0.1, -0.05) is 0 Å². The molecule has 1 heterocycles. The van der Waals surface area contributed by atoms with Gasteiger partial charge in [0, 0.05) is 24.0 Å². The molecule has 3 aromatic rings. The van der Waals surface area contributed by atoms with Gasteiger partial charge in [-0.15, -0.1) is 0 Å². The molecule has 0 amide bonds. The van der Waals surface area contributed by atoms with Crippen LogP contribution in [-0.4, -0.2) is 16.2 Å². The van der Waals surface area contributed by atoms with Gasteiger partial charge in [-0.2, -0.15) is 9.37 Å². The Labute approximate surface area is 163 Å². The van der Waals surface area contributed by atoms with E-state index in [0.717, 1.165) is 18.3 Å². The van der Waals surface area contributed by atoms with Crippen molar-refractivity contribution in [3.8, 4) is 5.75 Å². The fourth-order valence-electron chi connectivity index (χ4n) is 2.76. The predicted molar refractivity (Wildman–Crippen MR) is 99.5 cm³/mol. The van der Waals surface area contributed by atoms with Crippen LogP contribution in [0.5, 0.6) is 5.75 Å². The maximum Gasteiger partial charge on any atom is 0.310 e. The lowest BCUT2D eigenvalue weighted by Gasteiger charge is -2.16. The molecule has 2 aromatic carbocycles. The van der Waals surface area contributed by atoms with Gasteiger partial charge in [0.15, 0.2) is 11.6 Å². The highest BCUT2D eigenvalue weighted by Gasteiger charge is 2.14. The fourth-order valence-corrected chi connectivity index (χ4v) is 2.76. The first-order chi connectivity index (χ1) is 13.8. The summed E-state index contributed by atoms with van der Waals surface area (Å²) in [6.45, 7) is 3.39. The van der Waals surface area contributed by atoms with Crippen molar-refractivity contribution in [1.29, 1.82) is 0 Å². The Kier molecular flexibility index (Phi) is 5.86. The van der Waals surface area contributed by atoms with Crippen LogP contribution in [0.3, 0.4) is 0 Å². The second-order valence-corrected chi connectivity index (χ2v) is 6.28. The molecule has 0 radical (unpaired) electrons. The van der Waals surface area contributed by atoms with E-state index in [1.807, 2.05) is 0 Å². The Balaban J connectivity index is 2.02. The molecule has 0 bridgehead atoms. The number of anilines is 2. The van der Waals surface area contributed by atoms with Crippen molar-refractivity contribution in [2.45, 2.75) is 20.4 Å². The minimum absolute atomic E-state index is 0.0104. The summed E-state index contributed by atoms with van der Waals surface area (Å²) in [4.78, 5) is 15.4. The first-order valence-corrected chi connectivity index (χ1v) is 8.68. The standard InChI is InChI=1S/C20H17F4N3O2/c1-3-29-18-8-17(11(2)4-15(18)23)25-20-26-19(28)16(24)10-27(20)9-12-5-13(21)7-14(22)6-12/h4-8,10H,3,9H2,1-2H3,(H,25,26,28). The number of hydrogen-bond acceptors (Lipinski definition) is 4. The van der Waals surface area contributed by atoms with E-state index >= 15 is 0 Å². The van der Waals surface area contributed by atoms with Crippen molar-refractivity contribution in [1.82, 2.24) is 9.55 Å². The third-order valence-electron chi connectivity index (χ3n) is 4.05. The summed E-state index contributed by atoms with van der Waals surface area (Å²) in [6.07, 6.45) is 0.878. The summed E-state index contributed by atoms with van der Waals surface area (Å²) in [5.41, 5.74) is -0.0689. The van der Waals surface area contributed by atoms with Crippen molar-refractivity contribution >= 4 is 11.6 Å². The van der Waals surface area contributed by atoms with E-state index in [0.29, 0.717) is 17.3 Å². The van der Waals surface area contributed by atoms with E-state index in [2.05, 4.69) is 10.3 Å². The zero-order valence-electron chi connectivity index (χ0n) is 15.6. The Hall–Kier alpha value is -3.36. The number of aryl methyl sites for hydroxylation is 1. The fraction of sp³-hybridized carbons (Fsp3) is 0.200. The molecule has 0 spiro atoms. The average molecular weight is 407 g/mol. The molecule has 0 atom stereocenters. The number of ether oxygens (including phenoxy) is 1. The number of rotatable bonds is 6. The Morgan fingerprint density at radius 1 is 1.03 bits per heavy atom. The van der Waals surface area contributed by atoms with Crippen LogP contribution < -0.4 is 15.6 Å². The van der Waals surface area contributed by atoms with Crippen molar-refractivity contribution in [3.05, 3.63) is 81.3 Å². The van der Waals surface area contributed by atoms with Crippen LogP contribution in [0.25, 0.3) is 0 Å². The van der Waals surface area contributed by atoms with E-state index in [4.69, 9.17) is 4.74 Å². The van der Waals surface area contributed by atoms with Crippen molar-refractivity contribution in [2.24, 2.45) is 0 Å². The van der Waals surface area contributed by atoms with Gasteiger partial charge in [0.2, 0.25) is 11.8 Å². The monoisotopic (exact) mass is 407 g/mol. The van der Waals surface area contributed by atoms with Gasteiger partial charge in [0.1, 0.15) is 11.6 Å². The van der Waals surface area contributed by atoms with Crippen molar-refractivity contribution < 1.29 is 22.3 Å². The molecule has 152 valence electrons. The lowest BCUT2D eigenvalue weighted by atomic mass is 10.2. The molecule has 9 heteroatoms. The van der Waals surface area contributed by atoms with Crippen LogP contribution >= 0.6 is 0 Å². The van der Waals surface area contributed by atoms with Gasteiger partial charge in [-0.25, -0.2) is 13.2 Å². The zero-order valence-corrected chi connectivity index (χ0v) is 15.6. The molecule has 1 aromatic heterocycles. The molecule has 0 aliphatic carbocycles. The van der Waals surface area contributed by atoms with E-state index in [9.17, 15) is 22.4 Å². The van der Waals surface area contributed by atoms with Gasteiger partial charge in [-0.3, -0.25) is 4.79 Å². The molecule has 0 fully saturated rings. The molecule has 0 saturated carbocycles. The highest BCUT2D eigenvalue weighted by atomic mass is 19.1. The molecule has 3 rings (SSSR count). The maximum absolute atomic E-state index is 14.0. The first kappa shape index (κ1) is 20.4. The summed E-state index contributed by atoms with van der Waals surface area (Å²) >= 11 is 0. The molecule has 0 unspecified atom stereocenters. The quantitative estimate of drug-likeness (QED) is 0.619. The van der Waals surface area contributed by atoms with E-state index in [1.165, 1.54) is 16.7 Å². The summed E-state index contributed by atoms with van der Waals surface area (Å²) < 4.78 is 61.1. The van der Waals surface area contributed by atoms with E-state index in [-0.39, 0.29) is 30.4 Å². The largest absolute Gasteiger partial charge is 0.491 e. The maximum atomic E-state index is 14.0. The molecule has 29 heavy (non-hydrogen) atoms. The van der Waals surface area contributed by atoms with Crippen LogP contribution in [0, 0.1) is 30.2 Å². The first-order valence-electron chi connectivity index (χ1n) is 8.68. The van der Waals surface area contributed by atoms with E-state index in [1.54, 1.807) is 13.8 Å². The highest BCUT2D eigenvalue weighted by molar-refractivity contribution is 5.61. The number of nitrogens with one attached hydrogen (secondary N) is 1. The Morgan fingerprint density at radius 2 is 1.72 bits per heavy atom. The summed E-state index contributed by atoms with van der Waals surface area (Å²) in [5.74, 6) is -3.37. The van der Waals surface area contributed by atoms with Crippen LogP contribution in [0.1, 0.15) is 18.1 Å². The van der Waals surface area contributed by atoms with Gasteiger partial charge < -0.3 is 14.6 Å². The van der Waals surface area contributed by atoms with Crippen LogP contribution in [-0.2, 0) is 6.54 Å². The molecule has 0 aliphatic heterocycles. The Morgan fingerprint density at radius 3 is 2.38 bits per heavy atom. The Bertz CT molecular complexity index is 1100. The van der Waals surface area contributed by atoms with Crippen LogP contribution in [0.2, 0.25) is 0 Å². The number of benzene rings is 2. The molecule has 5 nitrogen and oxygen atoms in total. The van der Waals surface area contributed by atoms with Crippen molar-refractivity contribution in [2.75, 3.05) is 11.9 Å². The molecule has 0 saturated heterocycles. The third kappa shape index (κ3) is 4.74. The predicted octanol–water partition coefficient (Wildman–Crippen LogP) is 4.30. The van der Waals surface area contributed by atoms with Gasteiger partial charge in [0.05, 0.1) is 13.2 Å². The number of nitrogens with zero attached hydrogens (tertiary/aromatic N) is 2. The second-order valence-electron chi connectivity index (χ2n) is 6.28. The lowest BCUT2D eigenvalue weighted by molar-refractivity contribution is 0.321. The van der Waals surface area contributed by atoms with Crippen molar-refractivity contribution in [3.63, 3.8) is 0 Å². The number of halogens is 4. The van der Waals surface area contributed by atoms with Crippen LogP contribution in [0.15, 0.2) is 41.3 Å². The topological polar surface area (TPSA) is 56.1 Å². The normalized spacial score (nSPS) is 10.8. The summed E-state index contributed by atoms with van der Waals surface area (Å²) in [7, 11) is 0. The third-order valence-corrected chi connectivity index (χ3v) is 4.05. The SMILES string of the molecule is CCOc1cc(Nc2nc(=O)c(F)cn2Cc2cc(F)cc(F)c2)c(C)cc1F. The second kappa shape index (κ2) is 8.34.